The van der Waals surface area contributed by atoms with Crippen molar-refractivity contribution in [2.75, 3.05) is 7.11 Å². The lowest BCUT2D eigenvalue weighted by atomic mass is 10.1. The van der Waals surface area contributed by atoms with E-state index in [1.165, 1.54) is 5.56 Å². The number of ketones is 1. The predicted octanol–water partition coefficient (Wildman–Crippen LogP) is 2.75. The average Bonchev–Trinajstić information content (AvgIpc) is 2.41. The first-order valence-corrected chi connectivity index (χ1v) is 5.82. The zero-order valence-corrected chi connectivity index (χ0v) is 12.7. The molecule has 3 nitrogen and oxygen atoms in total. The van der Waals surface area contributed by atoms with E-state index in [0.29, 0.717) is 12.1 Å². The molecule has 1 aromatic heterocycles. The molecule has 1 aromatic carbocycles. The van der Waals surface area contributed by atoms with Crippen LogP contribution in [0.25, 0.3) is 0 Å². The normalized spacial score (nSPS) is 9.58. The number of nitrogens with zero attached hydrogens (tertiary/aromatic N) is 1. The Labute approximate surface area is 123 Å². The van der Waals surface area contributed by atoms with Crippen molar-refractivity contribution in [3.05, 3.63) is 59.9 Å². The molecule has 0 radical (unpaired) electrons. The third-order valence-electron chi connectivity index (χ3n) is 2.80. The number of carbonyl (C=O) groups is 1. The van der Waals surface area contributed by atoms with E-state index in [2.05, 4.69) is 0 Å². The highest BCUT2D eigenvalue weighted by Gasteiger charge is 2.11. The number of benzene rings is 1. The molecule has 0 saturated carbocycles. The predicted molar refractivity (Wildman–Crippen MR) is 79.0 cm³/mol. The van der Waals surface area contributed by atoms with Crippen molar-refractivity contribution in [1.82, 2.24) is 0 Å². The Hall–Kier alpha value is -1.68. The molecule has 0 N–H and O–H groups in total. The van der Waals surface area contributed by atoms with Gasteiger partial charge >= 0.3 is 0 Å². The van der Waals surface area contributed by atoms with Crippen LogP contribution in [0, 0.1) is 6.92 Å². The molecule has 1 heterocycles. The smallest absolute Gasteiger partial charge is 0.227 e. The minimum Gasteiger partial charge on any atom is -0.497 e. The fraction of sp³-hybridized carbons (Fsp3) is 0.200. The number of carbonyl (C=O) groups excluding carboxylic acids is 1. The van der Waals surface area contributed by atoms with Gasteiger partial charge in [-0.25, -0.2) is 0 Å². The fourth-order valence-corrected chi connectivity index (χ4v) is 1.67. The Morgan fingerprint density at radius 1 is 1.11 bits per heavy atom. The maximum atomic E-state index is 12.0. The Morgan fingerprint density at radius 2 is 1.68 bits per heavy atom. The van der Waals surface area contributed by atoms with Crippen LogP contribution in [0.2, 0.25) is 0 Å². The van der Waals surface area contributed by atoms with Crippen molar-refractivity contribution in [2.24, 2.45) is 0 Å². The number of rotatable bonds is 4. The number of aryl methyl sites for hydroxylation is 1. The molecular formula is C15H17BrNO2+. The molecule has 0 aliphatic carbocycles. The summed E-state index contributed by atoms with van der Waals surface area (Å²) >= 11 is 0. The van der Waals surface area contributed by atoms with Gasteiger partial charge in [0.2, 0.25) is 12.3 Å². The molecule has 0 fully saturated rings. The monoisotopic (exact) mass is 322 g/mol. The minimum absolute atomic E-state index is 0. The molecule has 0 spiro atoms. The molecule has 19 heavy (non-hydrogen) atoms. The molecular weight excluding hydrogens is 306 g/mol. The lowest BCUT2D eigenvalue weighted by Crippen LogP contribution is -2.37. The summed E-state index contributed by atoms with van der Waals surface area (Å²) in [6.45, 7) is 2.38. The van der Waals surface area contributed by atoms with Gasteiger partial charge in [-0.1, -0.05) is 0 Å². The first kappa shape index (κ1) is 15.4. The molecule has 0 bridgehead atoms. The van der Waals surface area contributed by atoms with Gasteiger partial charge in [-0.05, 0) is 36.8 Å². The molecule has 0 amide bonds. The maximum Gasteiger partial charge on any atom is 0.227 e. The largest absolute Gasteiger partial charge is 0.497 e. The van der Waals surface area contributed by atoms with Crippen molar-refractivity contribution < 1.29 is 14.1 Å². The highest BCUT2D eigenvalue weighted by atomic mass is 79.9. The first-order valence-electron chi connectivity index (χ1n) is 5.82. The number of aromatic nitrogens is 1. The van der Waals surface area contributed by atoms with Gasteiger partial charge in [-0.3, -0.25) is 4.79 Å². The molecule has 0 aliphatic rings. The van der Waals surface area contributed by atoms with Crippen molar-refractivity contribution >= 4 is 22.8 Å². The molecule has 100 valence electrons. The van der Waals surface area contributed by atoms with Crippen LogP contribution in [0.15, 0.2) is 48.8 Å². The summed E-state index contributed by atoms with van der Waals surface area (Å²) < 4.78 is 6.94. The van der Waals surface area contributed by atoms with E-state index in [1.807, 2.05) is 36.0 Å². The Kier molecular flexibility index (Phi) is 5.70. The van der Waals surface area contributed by atoms with E-state index in [9.17, 15) is 4.79 Å². The van der Waals surface area contributed by atoms with Gasteiger partial charge in [0.15, 0.2) is 12.4 Å². The molecule has 0 aliphatic heterocycles. The third-order valence-corrected chi connectivity index (χ3v) is 2.80. The van der Waals surface area contributed by atoms with E-state index < -0.39 is 0 Å². The summed E-state index contributed by atoms with van der Waals surface area (Å²) in [4.78, 5) is 12.0. The number of Topliss-reactive ketones (excluding diaryl/α,β-unsaturated/α-hetero) is 1. The van der Waals surface area contributed by atoms with Crippen LogP contribution in [-0.2, 0) is 6.54 Å². The summed E-state index contributed by atoms with van der Waals surface area (Å²) in [6, 6.07) is 11.1. The van der Waals surface area contributed by atoms with Gasteiger partial charge in [0.1, 0.15) is 5.75 Å². The van der Waals surface area contributed by atoms with Gasteiger partial charge in [-0.2, -0.15) is 4.57 Å². The second kappa shape index (κ2) is 7.04. The summed E-state index contributed by atoms with van der Waals surface area (Å²) in [5, 5.41) is 0. The van der Waals surface area contributed by atoms with Crippen LogP contribution < -0.4 is 9.30 Å². The van der Waals surface area contributed by atoms with Crippen LogP contribution >= 0.6 is 17.0 Å². The summed E-state index contributed by atoms with van der Waals surface area (Å²) in [5.41, 5.74) is 1.88. The van der Waals surface area contributed by atoms with Crippen LogP contribution in [0.4, 0.5) is 0 Å². The quantitative estimate of drug-likeness (QED) is 0.640. The fourth-order valence-electron chi connectivity index (χ4n) is 1.67. The number of methoxy groups -OCH3 is 1. The van der Waals surface area contributed by atoms with Gasteiger partial charge in [0.05, 0.1) is 7.11 Å². The number of pyridine rings is 1. The highest BCUT2D eigenvalue weighted by molar-refractivity contribution is 8.93. The molecule has 4 heteroatoms. The number of ether oxygens (including phenoxy) is 1. The topological polar surface area (TPSA) is 30.2 Å². The van der Waals surface area contributed by atoms with Crippen LogP contribution in [0.1, 0.15) is 15.9 Å². The van der Waals surface area contributed by atoms with Gasteiger partial charge in [0.25, 0.3) is 0 Å². The molecule has 0 saturated heterocycles. The van der Waals surface area contributed by atoms with Crippen molar-refractivity contribution in [1.29, 1.82) is 0 Å². The SMILES string of the molecule is Br.COc1ccc(C(=O)C[n+]2ccc(C)cc2)cc1. The van der Waals surface area contributed by atoms with Crippen molar-refractivity contribution in [3.8, 4) is 5.75 Å². The van der Waals surface area contributed by atoms with Gasteiger partial charge < -0.3 is 4.74 Å². The zero-order chi connectivity index (χ0) is 13.0. The minimum atomic E-state index is 0. The number of hydrogen-bond donors (Lipinski definition) is 0. The first-order chi connectivity index (χ1) is 8.69. The lowest BCUT2D eigenvalue weighted by Gasteiger charge is -2.01. The van der Waals surface area contributed by atoms with E-state index in [0.717, 1.165) is 5.75 Å². The Balaban J connectivity index is 0.00000180. The summed E-state index contributed by atoms with van der Waals surface area (Å²) in [6.07, 6.45) is 3.83. The number of halogens is 1. The van der Waals surface area contributed by atoms with Gasteiger partial charge in [0, 0.05) is 17.7 Å². The molecule has 2 rings (SSSR count). The standard InChI is InChI=1S/C15H16NO2.BrH/c1-12-7-9-16(10-8-12)11-15(17)13-3-5-14(18-2)6-4-13;/h3-10H,11H2,1-2H3;1H/q+1;. The second-order valence-corrected chi connectivity index (χ2v) is 4.20. The van der Waals surface area contributed by atoms with Crippen molar-refractivity contribution in [3.63, 3.8) is 0 Å². The maximum absolute atomic E-state index is 12.0. The Morgan fingerprint density at radius 3 is 2.21 bits per heavy atom. The molecule has 2 aromatic rings. The lowest BCUT2D eigenvalue weighted by molar-refractivity contribution is -0.683. The summed E-state index contributed by atoms with van der Waals surface area (Å²) in [7, 11) is 1.61. The number of hydrogen-bond acceptors (Lipinski definition) is 2. The third kappa shape index (κ3) is 4.17. The molecule has 0 atom stereocenters. The van der Waals surface area contributed by atoms with Gasteiger partial charge in [-0.15, -0.1) is 17.0 Å². The molecule has 0 unspecified atom stereocenters. The Bertz CT molecular complexity index is 535. The summed E-state index contributed by atoms with van der Waals surface area (Å²) in [5.74, 6) is 0.848. The second-order valence-electron chi connectivity index (χ2n) is 4.20. The van der Waals surface area contributed by atoms with E-state index in [4.69, 9.17) is 4.74 Å². The van der Waals surface area contributed by atoms with E-state index in [-0.39, 0.29) is 22.8 Å². The van der Waals surface area contributed by atoms with Crippen LogP contribution in [-0.4, -0.2) is 12.9 Å². The van der Waals surface area contributed by atoms with Crippen molar-refractivity contribution in [2.45, 2.75) is 13.5 Å². The van der Waals surface area contributed by atoms with E-state index in [1.54, 1.807) is 31.4 Å². The van der Waals surface area contributed by atoms with Crippen LogP contribution in [0.3, 0.4) is 0 Å². The zero-order valence-electron chi connectivity index (χ0n) is 11.0. The highest BCUT2D eigenvalue weighted by Crippen LogP contribution is 2.11. The van der Waals surface area contributed by atoms with E-state index >= 15 is 0 Å². The van der Waals surface area contributed by atoms with Crippen LogP contribution in [0.5, 0.6) is 5.75 Å². The average molecular weight is 323 g/mol.